The summed E-state index contributed by atoms with van der Waals surface area (Å²) in [5.74, 6) is 0.147. The molecule has 2 aliphatic rings. The van der Waals surface area contributed by atoms with E-state index in [9.17, 15) is 14.7 Å². The van der Waals surface area contributed by atoms with Crippen molar-refractivity contribution in [2.45, 2.75) is 26.3 Å². The SMILES string of the molecule is CCOc1ccc(C(O)=C2C(=O)C(=O)N(CCCN3CCOCC3)[C@@H]2c2ccc(OC)c(OC)c2)cc1C. The van der Waals surface area contributed by atoms with E-state index in [1.54, 1.807) is 48.4 Å². The normalized spacial score (nSPS) is 19.6. The van der Waals surface area contributed by atoms with Gasteiger partial charge in [0.25, 0.3) is 11.7 Å². The van der Waals surface area contributed by atoms with Gasteiger partial charge in [-0.25, -0.2) is 0 Å². The highest BCUT2D eigenvalue weighted by atomic mass is 16.5. The number of amides is 1. The zero-order chi connectivity index (χ0) is 27.2. The number of ether oxygens (including phenoxy) is 4. The number of benzene rings is 2. The minimum absolute atomic E-state index is 0.0529. The topological polar surface area (TPSA) is 97.8 Å². The fourth-order valence-electron chi connectivity index (χ4n) is 5.04. The second kappa shape index (κ2) is 12.3. The Morgan fingerprint density at radius 3 is 2.37 bits per heavy atom. The van der Waals surface area contributed by atoms with Crippen LogP contribution in [0.5, 0.6) is 17.2 Å². The molecule has 2 fully saturated rings. The Hall–Kier alpha value is -3.56. The lowest BCUT2D eigenvalue weighted by molar-refractivity contribution is -0.140. The number of carbonyl (C=O) groups is 2. The second-order valence-corrected chi connectivity index (χ2v) is 9.33. The van der Waals surface area contributed by atoms with Gasteiger partial charge in [-0.05, 0) is 61.7 Å². The number of aryl methyl sites for hydroxylation is 1. The van der Waals surface area contributed by atoms with Crippen molar-refractivity contribution in [3.05, 3.63) is 58.7 Å². The van der Waals surface area contributed by atoms with Crippen molar-refractivity contribution >= 4 is 17.4 Å². The number of aliphatic hydroxyl groups excluding tert-OH is 1. The van der Waals surface area contributed by atoms with Gasteiger partial charge in [-0.3, -0.25) is 14.5 Å². The largest absolute Gasteiger partial charge is 0.507 e. The average molecular weight is 525 g/mol. The van der Waals surface area contributed by atoms with Crippen LogP contribution < -0.4 is 14.2 Å². The fourth-order valence-corrected chi connectivity index (χ4v) is 5.04. The maximum Gasteiger partial charge on any atom is 0.295 e. The summed E-state index contributed by atoms with van der Waals surface area (Å²) in [7, 11) is 3.08. The van der Waals surface area contributed by atoms with E-state index in [0.29, 0.717) is 61.2 Å². The third-order valence-corrected chi connectivity index (χ3v) is 6.99. The van der Waals surface area contributed by atoms with Crippen LogP contribution in [-0.2, 0) is 14.3 Å². The highest BCUT2D eigenvalue weighted by molar-refractivity contribution is 6.46. The minimum Gasteiger partial charge on any atom is -0.507 e. The van der Waals surface area contributed by atoms with Crippen molar-refractivity contribution in [2.24, 2.45) is 0 Å². The predicted octanol–water partition coefficient (Wildman–Crippen LogP) is 3.55. The molecule has 0 aromatic heterocycles. The lowest BCUT2D eigenvalue weighted by Crippen LogP contribution is -2.38. The zero-order valence-electron chi connectivity index (χ0n) is 22.5. The Labute approximate surface area is 223 Å². The Bertz CT molecular complexity index is 1200. The van der Waals surface area contributed by atoms with Gasteiger partial charge in [0.2, 0.25) is 0 Å². The number of aliphatic hydroxyl groups is 1. The minimum atomic E-state index is -0.772. The van der Waals surface area contributed by atoms with Crippen LogP contribution in [-0.4, -0.2) is 86.8 Å². The molecular formula is C29H36N2O7. The molecule has 0 bridgehead atoms. The van der Waals surface area contributed by atoms with E-state index >= 15 is 0 Å². The molecule has 9 nitrogen and oxygen atoms in total. The monoisotopic (exact) mass is 524 g/mol. The van der Waals surface area contributed by atoms with E-state index < -0.39 is 17.7 Å². The van der Waals surface area contributed by atoms with Crippen molar-refractivity contribution in [1.82, 2.24) is 9.80 Å². The number of hydrogen-bond donors (Lipinski definition) is 1. The van der Waals surface area contributed by atoms with E-state index in [4.69, 9.17) is 18.9 Å². The highest BCUT2D eigenvalue weighted by Gasteiger charge is 2.46. The maximum absolute atomic E-state index is 13.4. The van der Waals surface area contributed by atoms with E-state index in [1.807, 2.05) is 13.8 Å². The molecule has 0 unspecified atom stereocenters. The first-order chi connectivity index (χ1) is 18.4. The number of carbonyl (C=O) groups excluding carboxylic acids is 2. The molecule has 204 valence electrons. The molecule has 38 heavy (non-hydrogen) atoms. The molecule has 0 spiro atoms. The van der Waals surface area contributed by atoms with Gasteiger partial charge < -0.3 is 29.0 Å². The summed E-state index contributed by atoms with van der Waals surface area (Å²) in [6.07, 6.45) is 0.680. The van der Waals surface area contributed by atoms with Gasteiger partial charge in [-0.2, -0.15) is 0 Å². The Morgan fingerprint density at radius 1 is 1.00 bits per heavy atom. The highest BCUT2D eigenvalue weighted by Crippen LogP contribution is 2.42. The fraction of sp³-hybridized carbons (Fsp3) is 0.448. The third kappa shape index (κ3) is 5.63. The van der Waals surface area contributed by atoms with Gasteiger partial charge in [0.05, 0.1) is 45.7 Å². The average Bonchev–Trinajstić information content (AvgIpc) is 3.19. The summed E-state index contributed by atoms with van der Waals surface area (Å²) in [5, 5.41) is 11.4. The summed E-state index contributed by atoms with van der Waals surface area (Å²) in [5.41, 5.74) is 1.97. The van der Waals surface area contributed by atoms with Crippen LogP contribution in [0.4, 0.5) is 0 Å². The lowest BCUT2D eigenvalue weighted by Gasteiger charge is -2.29. The summed E-state index contributed by atoms with van der Waals surface area (Å²) in [6, 6.07) is 9.74. The molecule has 0 aliphatic carbocycles. The first-order valence-electron chi connectivity index (χ1n) is 12.9. The van der Waals surface area contributed by atoms with E-state index in [2.05, 4.69) is 4.90 Å². The Kier molecular flexibility index (Phi) is 8.91. The first-order valence-corrected chi connectivity index (χ1v) is 12.9. The van der Waals surface area contributed by atoms with Gasteiger partial charge in [-0.1, -0.05) is 6.07 Å². The van der Waals surface area contributed by atoms with Crippen LogP contribution in [0.25, 0.3) is 5.76 Å². The van der Waals surface area contributed by atoms with Crippen LogP contribution in [0.3, 0.4) is 0 Å². The summed E-state index contributed by atoms with van der Waals surface area (Å²) in [6.45, 7) is 8.50. The molecule has 0 radical (unpaired) electrons. The molecule has 2 saturated heterocycles. The van der Waals surface area contributed by atoms with E-state index in [1.165, 1.54) is 7.11 Å². The summed E-state index contributed by atoms with van der Waals surface area (Å²) < 4.78 is 21.9. The summed E-state index contributed by atoms with van der Waals surface area (Å²) in [4.78, 5) is 30.6. The smallest absolute Gasteiger partial charge is 0.295 e. The van der Waals surface area contributed by atoms with Crippen LogP contribution >= 0.6 is 0 Å². The quantitative estimate of drug-likeness (QED) is 0.286. The maximum atomic E-state index is 13.4. The molecule has 2 heterocycles. The van der Waals surface area contributed by atoms with Crippen LogP contribution in [0.2, 0.25) is 0 Å². The number of rotatable bonds is 10. The Morgan fingerprint density at radius 2 is 1.71 bits per heavy atom. The van der Waals surface area contributed by atoms with Gasteiger partial charge in [-0.15, -0.1) is 0 Å². The van der Waals surface area contributed by atoms with Crippen LogP contribution in [0.1, 0.15) is 36.1 Å². The molecule has 2 aliphatic heterocycles. The van der Waals surface area contributed by atoms with Crippen molar-refractivity contribution in [3.8, 4) is 17.2 Å². The molecule has 1 N–H and O–H groups in total. The molecule has 1 amide bonds. The molecule has 9 heteroatoms. The van der Waals surface area contributed by atoms with Gasteiger partial charge in [0.1, 0.15) is 11.5 Å². The predicted molar refractivity (Wildman–Crippen MR) is 143 cm³/mol. The lowest BCUT2D eigenvalue weighted by atomic mass is 9.94. The molecule has 2 aromatic carbocycles. The number of likely N-dealkylation sites (tertiary alicyclic amines) is 1. The van der Waals surface area contributed by atoms with Crippen molar-refractivity contribution in [3.63, 3.8) is 0 Å². The van der Waals surface area contributed by atoms with Gasteiger partial charge in [0.15, 0.2) is 11.5 Å². The van der Waals surface area contributed by atoms with Gasteiger partial charge >= 0.3 is 0 Å². The first kappa shape index (κ1) is 27.5. The summed E-state index contributed by atoms with van der Waals surface area (Å²) >= 11 is 0. The number of morpholine rings is 1. The number of Topliss-reactive ketones (excluding diaryl/α,β-unsaturated/α-hetero) is 1. The third-order valence-electron chi connectivity index (χ3n) is 6.99. The van der Waals surface area contributed by atoms with Crippen LogP contribution in [0, 0.1) is 6.92 Å². The van der Waals surface area contributed by atoms with Crippen molar-refractivity contribution in [1.29, 1.82) is 0 Å². The van der Waals surface area contributed by atoms with Gasteiger partial charge in [0, 0.05) is 31.7 Å². The molecule has 4 rings (SSSR count). The standard InChI is InChI=1S/C29H36N2O7/c1-5-38-22-9-8-21(17-19(22)2)27(32)25-26(20-7-10-23(35-3)24(18-20)36-4)31(29(34)28(25)33)12-6-11-30-13-15-37-16-14-30/h7-10,17-18,26,32H,5-6,11-16H2,1-4H3/t26-/m1/s1. The van der Waals surface area contributed by atoms with E-state index in [0.717, 1.165) is 25.2 Å². The second-order valence-electron chi connectivity index (χ2n) is 9.33. The molecule has 2 aromatic rings. The number of nitrogens with zero attached hydrogens (tertiary/aromatic N) is 2. The Balaban J connectivity index is 1.73. The van der Waals surface area contributed by atoms with E-state index in [-0.39, 0.29) is 11.3 Å². The number of methoxy groups -OCH3 is 2. The number of hydrogen-bond acceptors (Lipinski definition) is 8. The zero-order valence-corrected chi connectivity index (χ0v) is 22.5. The molecular weight excluding hydrogens is 488 g/mol. The molecule has 1 atom stereocenters. The van der Waals surface area contributed by atoms with Crippen molar-refractivity contribution < 1.29 is 33.6 Å². The molecule has 0 saturated carbocycles. The van der Waals surface area contributed by atoms with Crippen molar-refractivity contribution in [2.75, 3.05) is 60.2 Å². The van der Waals surface area contributed by atoms with Crippen LogP contribution in [0.15, 0.2) is 42.0 Å². The number of ketones is 1.